The number of hydrogen-bond donors (Lipinski definition) is 0. The monoisotopic (exact) mass is 315 g/mol. The molecule has 0 atom stereocenters. The van der Waals surface area contributed by atoms with Crippen molar-refractivity contribution in [1.82, 2.24) is 24.7 Å². The Balaban J connectivity index is 1.60. The van der Waals surface area contributed by atoms with Gasteiger partial charge in [-0.2, -0.15) is 5.10 Å². The van der Waals surface area contributed by atoms with Gasteiger partial charge in [0.25, 0.3) is 0 Å². The molecular formula is C14H17N7S. The smallest absolute Gasteiger partial charge is 0.185 e. The van der Waals surface area contributed by atoms with E-state index in [2.05, 4.69) is 29.9 Å². The van der Waals surface area contributed by atoms with E-state index in [1.165, 1.54) is 0 Å². The first-order chi connectivity index (χ1) is 10.8. The third kappa shape index (κ3) is 2.29. The van der Waals surface area contributed by atoms with Crippen molar-refractivity contribution in [3.63, 3.8) is 0 Å². The Morgan fingerprint density at radius 3 is 2.77 bits per heavy atom. The zero-order chi connectivity index (χ0) is 14.9. The number of fused-ring (bicyclic) bond motifs is 1. The molecule has 7 nitrogen and oxygen atoms in total. The second-order valence-corrected chi connectivity index (χ2v) is 6.22. The van der Waals surface area contributed by atoms with Gasteiger partial charge in [-0.1, -0.05) is 0 Å². The minimum atomic E-state index is 0.881. The van der Waals surface area contributed by atoms with E-state index in [-0.39, 0.29) is 0 Å². The fourth-order valence-electron chi connectivity index (χ4n) is 2.89. The van der Waals surface area contributed by atoms with Gasteiger partial charge in [-0.05, 0) is 6.42 Å². The van der Waals surface area contributed by atoms with Crippen LogP contribution in [0.25, 0.3) is 11.0 Å². The molecule has 0 amide bonds. The van der Waals surface area contributed by atoms with Crippen LogP contribution >= 0.6 is 11.3 Å². The molecular weight excluding hydrogens is 298 g/mol. The topological polar surface area (TPSA) is 63.0 Å². The molecule has 3 aromatic rings. The Kier molecular flexibility index (Phi) is 3.38. The zero-order valence-corrected chi connectivity index (χ0v) is 13.2. The van der Waals surface area contributed by atoms with Crippen LogP contribution in [0.1, 0.15) is 6.42 Å². The Bertz CT molecular complexity index is 767. The molecule has 4 heterocycles. The highest BCUT2D eigenvalue weighted by Gasteiger charge is 2.20. The van der Waals surface area contributed by atoms with Crippen molar-refractivity contribution in [2.24, 2.45) is 7.05 Å². The van der Waals surface area contributed by atoms with Crippen molar-refractivity contribution in [3.8, 4) is 0 Å². The molecule has 0 aliphatic carbocycles. The van der Waals surface area contributed by atoms with Crippen LogP contribution in [0.5, 0.6) is 0 Å². The van der Waals surface area contributed by atoms with Gasteiger partial charge >= 0.3 is 0 Å². The predicted octanol–water partition coefficient (Wildman–Crippen LogP) is 1.54. The van der Waals surface area contributed by atoms with Crippen molar-refractivity contribution < 1.29 is 0 Å². The quantitative estimate of drug-likeness (QED) is 0.715. The highest BCUT2D eigenvalue weighted by atomic mass is 32.1. The van der Waals surface area contributed by atoms with Gasteiger partial charge in [-0.15, -0.1) is 11.3 Å². The summed E-state index contributed by atoms with van der Waals surface area (Å²) in [6.45, 7) is 3.91. The Morgan fingerprint density at radius 2 is 1.91 bits per heavy atom. The maximum Gasteiger partial charge on any atom is 0.185 e. The fraction of sp³-hybridized carbons (Fsp3) is 0.429. The normalized spacial score (nSPS) is 16.2. The summed E-state index contributed by atoms with van der Waals surface area (Å²) in [5.74, 6) is 0.985. The lowest BCUT2D eigenvalue weighted by Gasteiger charge is -2.22. The van der Waals surface area contributed by atoms with E-state index in [0.717, 1.165) is 54.6 Å². The van der Waals surface area contributed by atoms with Crippen LogP contribution < -0.4 is 9.80 Å². The van der Waals surface area contributed by atoms with Gasteiger partial charge in [0.05, 0.1) is 11.6 Å². The summed E-state index contributed by atoms with van der Waals surface area (Å²) < 4.78 is 1.79. The summed E-state index contributed by atoms with van der Waals surface area (Å²) in [6.07, 6.45) is 6.44. The van der Waals surface area contributed by atoms with Gasteiger partial charge in [0.15, 0.2) is 10.8 Å². The number of anilines is 2. The second-order valence-electron chi connectivity index (χ2n) is 5.35. The van der Waals surface area contributed by atoms with Crippen molar-refractivity contribution in [3.05, 3.63) is 24.1 Å². The van der Waals surface area contributed by atoms with Gasteiger partial charge < -0.3 is 9.80 Å². The van der Waals surface area contributed by atoms with E-state index in [0.29, 0.717) is 0 Å². The van der Waals surface area contributed by atoms with Crippen molar-refractivity contribution >= 4 is 33.3 Å². The van der Waals surface area contributed by atoms with Gasteiger partial charge in [0, 0.05) is 44.8 Å². The molecule has 114 valence electrons. The lowest BCUT2D eigenvalue weighted by Crippen LogP contribution is -2.31. The lowest BCUT2D eigenvalue weighted by molar-refractivity contribution is 0.782. The molecule has 0 aromatic carbocycles. The van der Waals surface area contributed by atoms with Crippen molar-refractivity contribution in [2.45, 2.75) is 6.42 Å². The summed E-state index contributed by atoms with van der Waals surface area (Å²) >= 11 is 1.70. The highest BCUT2D eigenvalue weighted by Crippen LogP contribution is 2.25. The number of nitrogens with zero attached hydrogens (tertiary/aromatic N) is 7. The van der Waals surface area contributed by atoms with Crippen LogP contribution in [0.2, 0.25) is 0 Å². The third-order valence-corrected chi connectivity index (χ3v) is 4.83. The van der Waals surface area contributed by atoms with Crippen LogP contribution in [-0.2, 0) is 7.05 Å². The molecule has 1 saturated heterocycles. The largest absolute Gasteiger partial charge is 0.354 e. The summed E-state index contributed by atoms with van der Waals surface area (Å²) in [6, 6.07) is 0. The Hall–Kier alpha value is -2.22. The van der Waals surface area contributed by atoms with E-state index in [9.17, 15) is 0 Å². The summed E-state index contributed by atoms with van der Waals surface area (Å²) in [5, 5.41) is 8.46. The molecule has 1 aliphatic heterocycles. The summed E-state index contributed by atoms with van der Waals surface area (Å²) in [5.41, 5.74) is 0.881. The van der Waals surface area contributed by atoms with E-state index < -0.39 is 0 Å². The average molecular weight is 315 g/mol. The van der Waals surface area contributed by atoms with Gasteiger partial charge in [-0.3, -0.25) is 4.68 Å². The minimum Gasteiger partial charge on any atom is -0.354 e. The molecule has 4 rings (SSSR count). The molecule has 0 radical (unpaired) electrons. The van der Waals surface area contributed by atoms with Crippen LogP contribution in [-0.4, -0.2) is 50.9 Å². The summed E-state index contributed by atoms with van der Waals surface area (Å²) in [7, 11) is 1.91. The average Bonchev–Trinajstić information content (AvgIpc) is 3.13. The first kappa shape index (κ1) is 13.4. The first-order valence-electron chi connectivity index (χ1n) is 7.35. The molecule has 1 aliphatic rings. The number of aromatic nitrogens is 5. The second kappa shape index (κ2) is 5.53. The number of hydrogen-bond acceptors (Lipinski definition) is 7. The highest BCUT2D eigenvalue weighted by molar-refractivity contribution is 7.13. The molecule has 22 heavy (non-hydrogen) atoms. The molecule has 0 saturated carbocycles. The molecule has 0 unspecified atom stereocenters. The molecule has 0 bridgehead atoms. The Morgan fingerprint density at radius 1 is 1.05 bits per heavy atom. The molecule has 0 spiro atoms. The third-order valence-electron chi connectivity index (χ3n) is 3.99. The molecule has 3 aromatic heterocycles. The lowest BCUT2D eigenvalue weighted by atomic mass is 10.3. The van der Waals surface area contributed by atoms with Gasteiger partial charge in [0.1, 0.15) is 12.1 Å². The fourth-order valence-corrected chi connectivity index (χ4v) is 3.59. The SMILES string of the molecule is Cn1ncc2c(N3CCCN(c4nccs4)CC3)ncnc21. The minimum absolute atomic E-state index is 0.881. The van der Waals surface area contributed by atoms with Crippen LogP contribution in [0.4, 0.5) is 10.9 Å². The van der Waals surface area contributed by atoms with E-state index in [1.54, 1.807) is 22.3 Å². The predicted molar refractivity (Wildman–Crippen MR) is 87.5 cm³/mol. The maximum atomic E-state index is 4.50. The number of thiazole rings is 1. The summed E-state index contributed by atoms with van der Waals surface area (Å²) in [4.78, 5) is 17.9. The van der Waals surface area contributed by atoms with Crippen LogP contribution in [0.15, 0.2) is 24.1 Å². The molecule has 1 fully saturated rings. The van der Waals surface area contributed by atoms with Crippen LogP contribution in [0.3, 0.4) is 0 Å². The standard InChI is InChI=1S/C14H17N7S/c1-19-12-11(9-18-19)13(17-10-16-12)20-4-2-5-21(7-6-20)14-15-3-8-22-14/h3,8-10H,2,4-7H2,1H3. The zero-order valence-electron chi connectivity index (χ0n) is 12.4. The van der Waals surface area contributed by atoms with Gasteiger partial charge in [-0.25, -0.2) is 15.0 Å². The first-order valence-corrected chi connectivity index (χ1v) is 8.23. The van der Waals surface area contributed by atoms with Crippen LogP contribution in [0, 0.1) is 0 Å². The van der Waals surface area contributed by atoms with E-state index in [4.69, 9.17) is 0 Å². The number of rotatable bonds is 2. The van der Waals surface area contributed by atoms with Crippen molar-refractivity contribution in [1.29, 1.82) is 0 Å². The van der Waals surface area contributed by atoms with E-state index in [1.807, 2.05) is 24.8 Å². The maximum absolute atomic E-state index is 4.50. The molecule has 0 N–H and O–H groups in total. The Labute approximate surface area is 132 Å². The van der Waals surface area contributed by atoms with Gasteiger partial charge in [0.2, 0.25) is 0 Å². The van der Waals surface area contributed by atoms with E-state index >= 15 is 0 Å². The number of aryl methyl sites for hydroxylation is 1. The van der Waals surface area contributed by atoms with Crippen molar-refractivity contribution in [2.75, 3.05) is 36.0 Å². The molecule has 8 heteroatoms.